The minimum atomic E-state index is 0.803. The summed E-state index contributed by atoms with van der Waals surface area (Å²) < 4.78 is 5.62. The largest absolute Gasteiger partial charge is 0.381 e. The predicted octanol–water partition coefficient (Wildman–Crippen LogP) is 5.07. The topological polar surface area (TPSA) is 9.23 Å². The first-order chi connectivity index (χ1) is 8.83. The molecule has 0 aliphatic carbocycles. The average Bonchev–Trinajstić information content (AvgIpc) is 2.39. The first kappa shape index (κ1) is 15.5. The molecule has 2 heteroatoms. The Labute approximate surface area is 116 Å². The van der Waals surface area contributed by atoms with E-state index in [2.05, 4.69) is 19.1 Å². The molecule has 0 amide bonds. The van der Waals surface area contributed by atoms with E-state index in [4.69, 9.17) is 16.3 Å². The van der Waals surface area contributed by atoms with Gasteiger partial charge in [0.2, 0.25) is 0 Å². The van der Waals surface area contributed by atoms with Crippen molar-refractivity contribution in [2.75, 3.05) is 13.2 Å². The molecule has 0 saturated carbocycles. The van der Waals surface area contributed by atoms with Crippen LogP contribution in [0.2, 0.25) is 5.02 Å². The summed E-state index contributed by atoms with van der Waals surface area (Å²) in [6, 6.07) is 8.06. The van der Waals surface area contributed by atoms with E-state index in [0.717, 1.165) is 37.5 Å². The summed E-state index contributed by atoms with van der Waals surface area (Å²) in [4.78, 5) is 0. The second-order valence-electron chi connectivity index (χ2n) is 4.61. The molecule has 0 aliphatic heterocycles. The zero-order chi connectivity index (χ0) is 13.1. The molecule has 1 rings (SSSR count). The molecule has 0 unspecified atom stereocenters. The lowest BCUT2D eigenvalue weighted by atomic mass is 10.1. The molecule has 101 valence electrons. The van der Waals surface area contributed by atoms with Crippen LogP contribution in [0.1, 0.15) is 44.1 Å². The molecule has 0 N–H and O–H groups in total. The Morgan fingerprint density at radius 3 is 2.28 bits per heavy atom. The number of halogens is 1. The zero-order valence-corrected chi connectivity index (χ0v) is 11.9. The Bertz CT molecular complexity index is 294. The van der Waals surface area contributed by atoms with E-state index in [1.165, 1.54) is 31.2 Å². The molecule has 0 spiro atoms. The van der Waals surface area contributed by atoms with Crippen LogP contribution in [0.25, 0.3) is 0 Å². The van der Waals surface area contributed by atoms with E-state index in [0.29, 0.717) is 0 Å². The van der Waals surface area contributed by atoms with Crippen LogP contribution in [0, 0.1) is 6.92 Å². The smallest absolute Gasteiger partial charge is 0.0469 e. The highest BCUT2D eigenvalue weighted by Crippen LogP contribution is 2.11. The van der Waals surface area contributed by atoms with Gasteiger partial charge in [-0.1, -0.05) is 56.3 Å². The molecular formula is C16H24ClO. The zero-order valence-electron chi connectivity index (χ0n) is 11.2. The van der Waals surface area contributed by atoms with Crippen LogP contribution in [-0.2, 0) is 11.2 Å². The molecule has 1 aromatic rings. The summed E-state index contributed by atoms with van der Waals surface area (Å²) in [5.74, 6) is 0. The molecule has 0 aliphatic rings. The van der Waals surface area contributed by atoms with Crippen molar-refractivity contribution in [2.24, 2.45) is 0 Å². The number of aryl methyl sites for hydroxylation is 1. The normalized spacial score (nSPS) is 10.8. The van der Waals surface area contributed by atoms with Gasteiger partial charge >= 0.3 is 0 Å². The number of unbranched alkanes of at least 4 members (excludes halogenated alkanes) is 4. The van der Waals surface area contributed by atoms with Crippen molar-refractivity contribution >= 4 is 11.6 Å². The fraction of sp³-hybridized carbons (Fsp3) is 0.562. The first-order valence-corrected chi connectivity index (χ1v) is 7.32. The maximum absolute atomic E-state index is 5.84. The third-order valence-electron chi connectivity index (χ3n) is 2.96. The fourth-order valence-corrected chi connectivity index (χ4v) is 1.99. The maximum Gasteiger partial charge on any atom is 0.0469 e. The standard InChI is InChI=1S/C16H24ClO/c1-2-3-4-5-6-13-18-14-7-8-15-9-11-16(17)12-10-15/h9-12H,1-8,13-14H2. The minimum absolute atomic E-state index is 0.803. The van der Waals surface area contributed by atoms with Crippen LogP contribution in [-0.4, -0.2) is 13.2 Å². The van der Waals surface area contributed by atoms with Gasteiger partial charge in [-0.05, 0) is 37.0 Å². The Morgan fingerprint density at radius 2 is 1.56 bits per heavy atom. The molecule has 0 atom stereocenters. The molecule has 0 aromatic heterocycles. The van der Waals surface area contributed by atoms with Gasteiger partial charge < -0.3 is 4.74 Å². The van der Waals surface area contributed by atoms with E-state index < -0.39 is 0 Å². The SMILES string of the molecule is [CH2]CCCCCCOCCCc1ccc(Cl)cc1. The number of ether oxygens (including phenoxy) is 1. The molecule has 1 nitrogen and oxygen atoms in total. The number of benzene rings is 1. The molecule has 0 saturated heterocycles. The lowest BCUT2D eigenvalue weighted by Gasteiger charge is -2.04. The molecule has 1 radical (unpaired) electrons. The van der Waals surface area contributed by atoms with Crippen LogP contribution < -0.4 is 0 Å². The number of hydrogen-bond donors (Lipinski definition) is 0. The van der Waals surface area contributed by atoms with Crippen molar-refractivity contribution in [1.29, 1.82) is 0 Å². The second kappa shape index (κ2) is 10.4. The van der Waals surface area contributed by atoms with Crippen LogP contribution >= 0.6 is 11.6 Å². The predicted molar refractivity (Wildman–Crippen MR) is 79.0 cm³/mol. The van der Waals surface area contributed by atoms with E-state index >= 15 is 0 Å². The Morgan fingerprint density at radius 1 is 0.889 bits per heavy atom. The van der Waals surface area contributed by atoms with Gasteiger partial charge in [0.05, 0.1) is 0 Å². The summed E-state index contributed by atoms with van der Waals surface area (Å²) in [6.45, 7) is 5.60. The fourth-order valence-electron chi connectivity index (χ4n) is 1.87. The third kappa shape index (κ3) is 7.73. The summed E-state index contributed by atoms with van der Waals surface area (Å²) in [5.41, 5.74) is 1.33. The molecule has 0 heterocycles. The van der Waals surface area contributed by atoms with Gasteiger partial charge in [-0.3, -0.25) is 0 Å². The van der Waals surface area contributed by atoms with Crippen molar-refractivity contribution < 1.29 is 4.74 Å². The molecular weight excluding hydrogens is 244 g/mol. The summed E-state index contributed by atoms with van der Waals surface area (Å²) in [5, 5.41) is 0.803. The van der Waals surface area contributed by atoms with Gasteiger partial charge in [0.15, 0.2) is 0 Å². The Balaban J connectivity index is 1.91. The highest BCUT2D eigenvalue weighted by Gasteiger charge is 1.95. The monoisotopic (exact) mass is 267 g/mol. The van der Waals surface area contributed by atoms with Crippen molar-refractivity contribution in [3.63, 3.8) is 0 Å². The molecule has 18 heavy (non-hydrogen) atoms. The van der Waals surface area contributed by atoms with Crippen molar-refractivity contribution in [3.8, 4) is 0 Å². The average molecular weight is 268 g/mol. The van der Waals surface area contributed by atoms with Crippen LogP contribution in [0.4, 0.5) is 0 Å². The quantitative estimate of drug-likeness (QED) is 0.538. The van der Waals surface area contributed by atoms with Gasteiger partial charge in [-0.15, -0.1) is 0 Å². The number of rotatable bonds is 10. The maximum atomic E-state index is 5.84. The molecule has 0 fully saturated rings. The summed E-state index contributed by atoms with van der Waals surface area (Å²) >= 11 is 5.84. The van der Waals surface area contributed by atoms with Crippen molar-refractivity contribution in [3.05, 3.63) is 41.8 Å². The van der Waals surface area contributed by atoms with Crippen LogP contribution in [0.3, 0.4) is 0 Å². The lowest BCUT2D eigenvalue weighted by molar-refractivity contribution is 0.127. The highest BCUT2D eigenvalue weighted by molar-refractivity contribution is 6.30. The van der Waals surface area contributed by atoms with Crippen molar-refractivity contribution in [2.45, 2.75) is 44.9 Å². The van der Waals surface area contributed by atoms with E-state index in [9.17, 15) is 0 Å². The summed E-state index contributed by atoms with van der Waals surface area (Å²) in [7, 11) is 0. The highest BCUT2D eigenvalue weighted by atomic mass is 35.5. The van der Waals surface area contributed by atoms with Crippen LogP contribution in [0.15, 0.2) is 24.3 Å². The summed E-state index contributed by atoms with van der Waals surface area (Å²) in [6.07, 6.45) is 8.20. The van der Waals surface area contributed by atoms with E-state index in [-0.39, 0.29) is 0 Å². The van der Waals surface area contributed by atoms with Gasteiger partial charge in [0, 0.05) is 18.2 Å². The van der Waals surface area contributed by atoms with Gasteiger partial charge in [0.25, 0.3) is 0 Å². The van der Waals surface area contributed by atoms with Crippen molar-refractivity contribution in [1.82, 2.24) is 0 Å². The molecule has 1 aromatic carbocycles. The second-order valence-corrected chi connectivity index (χ2v) is 5.05. The number of hydrogen-bond acceptors (Lipinski definition) is 1. The van der Waals surface area contributed by atoms with Gasteiger partial charge in [-0.2, -0.15) is 0 Å². The Hall–Kier alpha value is -0.530. The molecule has 0 bridgehead atoms. The van der Waals surface area contributed by atoms with Crippen LogP contribution in [0.5, 0.6) is 0 Å². The lowest BCUT2D eigenvalue weighted by Crippen LogP contribution is -1.98. The van der Waals surface area contributed by atoms with E-state index in [1.54, 1.807) is 0 Å². The Kier molecular flexibility index (Phi) is 8.97. The minimum Gasteiger partial charge on any atom is -0.381 e. The van der Waals surface area contributed by atoms with E-state index in [1.807, 2.05) is 12.1 Å². The van der Waals surface area contributed by atoms with Gasteiger partial charge in [-0.25, -0.2) is 0 Å². The third-order valence-corrected chi connectivity index (χ3v) is 3.21. The van der Waals surface area contributed by atoms with Gasteiger partial charge in [0.1, 0.15) is 0 Å². The first-order valence-electron chi connectivity index (χ1n) is 6.94.